The smallest absolute Gasteiger partial charge is 0.119 e. The van der Waals surface area contributed by atoms with E-state index in [4.69, 9.17) is 4.74 Å². The van der Waals surface area contributed by atoms with Crippen molar-refractivity contribution in [2.45, 2.75) is 61.3 Å². The van der Waals surface area contributed by atoms with E-state index in [1.807, 2.05) is 23.9 Å². The van der Waals surface area contributed by atoms with Gasteiger partial charge in [0.25, 0.3) is 0 Å². The fraction of sp³-hybridized carbons (Fsp3) is 0.500. The van der Waals surface area contributed by atoms with E-state index in [2.05, 4.69) is 50.4 Å². The Morgan fingerprint density at radius 1 is 1.21 bits per heavy atom. The quantitative estimate of drug-likeness (QED) is 0.515. The van der Waals surface area contributed by atoms with Crippen LogP contribution in [0.4, 0.5) is 0 Å². The van der Waals surface area contributed by atoms with Gasteiger partial charge in [-0.2, -0.15) is 0 Å². The van der Waals surface area contributed by atoms with Gasteiger partial charge in [0.2, 0.25) is 0 Å². The number of thioether (sulfide) groups is 2. The molecule has 0 aliphatic carbocycles. The number of benzene rings is 2. The molecule has 1 N–H and O–H groups in total. The monoisotopic (exact) mass is 416 g/mol. The normalized spacial score (nSPS) is 24.5. The molecule has 1 heterocycles. The number of aliphatic hydroxyl groups excluding tert-OH is 1. The summed E-state index contributed by atoms with van der Waals surface area (Å²) in [5.41, 5.74) is 2.32. The molecule has 3 rings (SSSR count). The van der Waals surface area contributed by atoms with Gasteiger partial charge >= 0.3 is 0 Å². The molecule has 0 saturated carbocycles. The molecule has 3 atom stereocenters. The molecule has 0 bridgehead atoms. The number of hydrogen-bond donors (Lipinski definition) is 1. The largest absolute Gasteiger partial charge is 0.497 e. The number of rotatable bonds is 7. The first kappa shape index (κ1) is 21.6. The summed E-state index contributed by atoms with van der Waals surface area (Å²) in [6.07, 6.45) is 6.07. The standard InChI is InChI=1S/C24H32O2S2/c1-5-7-13-24(6-2)16-28-21-12-11-19(27-4)15-20(21)22(23(24)25)17-9-8-10-18(14-17)26-3/h8-12,14-15,22-23,25H,5-7,13,16H2,1-4H3/t22-,23?,24+/m0/s1. The Hall–Kier alpha value is -1.10. The summed E-state index contributed by atoms with van der Waals surface area (Å²) in [4.78, 5) is 2.55. The number of aliphatic hydroxyl groups is 1. The Bertz CT molecular complexity index is 792. The maximum absolute atomic E-state index is 11.9. The van der Waals surface area contributed by atoms with Crippen molar-refractivity contribution in [3.63, 3.8) is 0 Å². The Labute approximate surface area is 178 Å². The van der Waals surface area contributed by atoms with Gasteiger partial charge in [-0.25, -0.2) is 0 Å². The van der Waals surface area contributed by atoms with E-state index < -0.39 is 6.10 Å². The summed E-state index contributed by atoms with van der Waals surface area (Å²) >= 11 is 3.68. The van der Waals surface area contributed by atoms with Gasteiger partial charge in [0.1, 0.15) is 5.75 Å². The highest BCUT2D eigenvalue weighted by atomic mass is 32.2. The molecule has 0 fully saturated rings. The average Bonchev–Trinajstić information content (AvgIpc) is 2.86. The van der Waals surface area contributed by atoms with Crippen molar-refractivity contribution in [2.75, 3.05) is 19.1 Å². The lowest BCUT2D eigenvalue weighted by atomic mass is 9.69. The third-order valence-electron chi connectivity index (χ3n) is 6.20. The summed E-state index contributed by atoms with van der Waals surface area (Å²) in [6, 6.07) is 15.0. The predicted molar refractivity (Wildman–Crippen MR) is 122 cm³/mol. The van der Waals surface area contributed by atoms with Crippen LogP contribution in [0.1, 0.15) is 56.6 Å². The number of unbranched alkanes of at least 4 members (excludes halogenated alkanes) is 1. The molecule has 0 spiro atoms. The Morgan fingerprint density at radius 3 is 2.71 bits per heavy atom. The van der Waals surface area contributed by atoms with Crippen LogP contribution in [0.5, 0.6) is 5.75 Å². The van der Waals surface area contributed by atoms with Crippen molar-refractivity contribution in [2.24, 2.45) is 5.41 Å². The topological polar surface area (TPSA) is 29.5 Å². The summed E-state index contributed by atoms with van der Waals surface area (Å²) in [5, 5.41) is 11.9. The fourth-order valence-corrected chi connectivity index (χ4v) is 6.22. The lowest BCUT2D eigenvalue weighted by Crippen LogP contribution is -2.40. The average molecular weight is 417 g/mol. The molecule has 152 valence electrons. The maximum atomic E-state index is 11.9. The van der Waals surface area contributed by atoms with Gasteiger partial charge in [-0.05, 0) is 60.6 Å². The van der Waals surface area contributed by atoms with Crippen LogP contribution in [0.2, 0.25) is 0 Å². The van der Waals surface area contributed by atoms with Crippen LogP contribution in [0.25, 0.3) is 0 Å². The minimum atomic E-state index is -0.415. The van der Waals surface area contributed by atoms with E-state index in [1.165, 1.54) is 15.4 Å². The Balaban J connectivity index is 2.16. The second kappa shape index (κ2) is 9.60. The van der Waals surface area contributed by atoms with E-state index in [-0.39, 0.29) is 11.3 Å². The van der Waals surface area contributed by atoms with Gasteiger partial charge in [-0.1, -0.05) is 38.8 Å². The third kappa shape index (κ3) is 4.24. The highest BCUT2D eigenvalue weighted by Gasteiger charge is 2.44. The van der Waals surface area contributed by atoms with Crippen LogP contribution < -0.4 is 4.74 Å². The fourth-order valence-electron chi connectivity index (χ4n) is 4.29. The van der Waals surface area contributed by atoms with E-state index in [9.17, 15) is 5.11 Å². The number of methoxy groups -OCH3 is 1. The molecule has 0 radical (unpaired) electrons. The summed E-state index contributed by atoms with van der Waals surface area (Å²) < 4.78 is 5.50. The lowest BCUT2D eigenvalue weighted by molar-refractivity contribution is 0.0182. The minimum Gasteiger partial charge on any atom is -0.497 e. The summed E-state index contributed by atoms with van der Waals surface area (Å²) in [6.45, 7) is 4.48. The Morgan fingerprint density at radius 2 is 2.04 bits per heavy atom. The highest BCUT2D eigenvalue weighted by Crippen LogP contribution is 2.51. The molecule has 1 aliphatic heterocycles. The first-order chi connectivity index (χ1) is 13.6. The van der Waals surface area contributed by atoms with Crippen LogP contribution in [-0.2, 0) is 0 Å². The maximum Gasteiger partial charge on any atom is 0.119 e. The molecule has 4 heteroatoms. The van der Waals surface area contributed by atoms with Crippen molar-refractivity contribution in [1.82, 2.24) is 0 Å². The van der Waals surface area contributed by atoms with Crippen LogP contribution in [0.3, 0.4) is 0 Å². The SMILES string of the molecule is CCCC[C@]1(CC)CSc2ccc(SC)cc2[C@H](c2cccc(OC)c2)C1O. The van der Waals surface area contributed by atoms with E-state index in [1.54, 1.807) is 18.9 Å². The molecule has 28 heavy (non-hydrogen) atoms. The molecule has 1 unspecified atom stereocenters. The van der Waals surface area contributed by atoms with Crippen molar-refractivity contribution in [1.29, 1.82) is 0 Å². The zero-order valence-electron chi connectivity index (χ0n) is 17.4. The van der Waals surface area contributed by atoms with Gasteiger partial charge in [0.15, 0.2) is 0 Å². The molecule has 0 saturated heterocycles. The van der Waals surface area contributed by atoms with Crippen LogP contribution in [-0.4, -0.2) is 30.3 Å². The number of fused-ring (bicyclic) bond motifs is 1. The van der Waals surface area contributed by atoms with E-state index in [0.29, 0.717) is 0 Å². The van der Waals surface area contributed by atoms with E-state index in [0.717, 1.165) is 42.7 Å². The molecular weight excluding hydrogens is 384 g/mol. The molecule has 2 nitrogen and oxygen atoms in total. The van der Waals surface area contributed by atoms with E-state index >= 15 is 0 Å². The highest BCUT2D eigenvalue weighted by molar-refractivity contribution is 7.99. The first-order valence-electron chi connectivity index (χ1n) is 10.2. The van der Waals surface area contributed by atoms with Crippen molar-refractivity contribution in [3.8, 4) is 5.75 Å². The first-order valence-corrected chi connectivity index (χ1v) is 12.4. The van der Waals surface area contributed by atoms with Gasteiger partial charge in [-0.3, -0.25) is 0 Å². The predicted octanol–water partition coefficient (Wildman–Crippen LogP) is 6.60. The van der Waals surface area contributed by atoms with Crippen LogP contribution in [0.15, 0.2) is 52.3 Å². The third-order valence-corrected chi connectivity index (χ3v) is 8.32. The van der Waals surface area contributed by atoms with Crippen molar-refractivity contribution >= 4 is 23.5 Å². The molecule has 0 amide bonds. The number of ether oxygens (including phenoxy) is 1. The van der Waals surface area contributed by atoms with Gasteiger partial charge in [0.05, 0.1) is 13.2 Å². The molecule has 2 aromatic rings. The Kier molecular flexibility index (Phi) is 7.41. The summed E-state index contributed by atoms with van der Waals surface area (Å²) in [7, 11) is 1.70. The van der Waals surface area contributed by atoms with Gasteiger partial charge in [0, 0.05) is 26.9 Å². The van der Waals surface area contributed by atoms with Crippen LogP contribution >= 0.6 is 23.5 Å². The zero-order valence-corrected chi connectivity index (χ0v) is 19.0. The molecular formula is C24H32O2S2. The zero-order chi connectivity index (χ0) is 20.1. The lowest BCUT2D eigenvalue weighted by Gasteiger charge is -2.40. The molecule has 2 aromatic carbocycles. The van der Waals surface area contributed by atoms with Crippen molar-refractivity contribution in [3.05, 3.63) is 53.6 Å². The second-order valence-corrected chi connectivity index (χ2v) is 9.61. The number of hydrogen-bond acceptors (Lipinski definition) is 4. The van der Waals surface area contributed by atoms with Crippen molar-refractivity contribution < 1.29 is 9.84 Å². The second-order valence-electron chi connectivity index (χ2n) is 7.71. The van der Waals surface area contributed by atoms with Gasteiger partial charge < -0.3 is 9.84 Å². The minimum absolute atomic E-state index is 0.0380. The summed E-state index contributed by atoms with van der Waals surface area (Å²) in [5.74, 6) is 1.78. The molecule has 1 aliphatic rings. The molecule has 0 aromatic heterocycles. The van der Waals surface area contributed by atoms with Crippen LogP contribution in [0, 0.1) is 5.41 Å². The van der Waals surface area contributed by atoms with Gasteiger partial charge in [-0.15, -0.1) is 23.5 Å².